The predicted molar refractivity (Wildman–Crippen MR) is 122 cm³/mol. The third kappa shape index (κ3) is 4.89. The summed E-state index contributed by atoms with van der Waals surface area (Å²) < 4.78 is 0. The molecule has 0 aliphatic carbocycles. The van der Waals surface area contributed by atoms with Crippen molar-refractivity contribution < 1.29 is 19.8 Å². The van der Waals surface area contributed by atoms with Crippen molar-refractivity contribution in [1.29, 1.82) is 0 Å². The first-order valence-electron chi connectivity index (χ1n) is 10.2. The number of hydrogen-bond acceptors (Lipinski definition) is 6. The average Bonchev–Trinajstić information content (AvgIpc) is 2.80. The van der Waals surface area contributed by atoms with E-state index in [0.29, 0.717) is 31.9 Å². The van der Waals surface area contributed by atoms with Gasteiger partial charge in [0.05, 0.1) is 11.4 Å². The second-order valence-corrected chi connectivity index (χ2v) is 7.31. The smallest absolute Gasteiger partial charge is 0.409 e. The molecule has 4 N–H and O–H groups in total. The van der Waals surface area contributed by atoms with Gasteiger partial charge in [-0.05, 0) is 30.3 Å². The Bertz CT molecular complexity index is 1110. The van der Waals surface area contributed by atoms with Gasteiger partial charge >= 0.3 is 6.09 Å². The van der Waals surface area contributed by atoms with Gasteiger partial charge in [-0.25, -0.2) is 9.78 Å². The van der Waals surface area contributed by atoms with Crippen molar-refractivity contribution in [2.75, 3.05) is 41.7 Å². The van der Waals surface area contributed by atoms with E-state index in [1.54, 1.807) is 23.1 Å². The molecule has 2 aromatic carbocycles. The van der Waals surface area contributed by atoms with Crippen LogP contribution < -0.4 is 15.5 Å². The molecule has 1 aromatic heterocycles. The predicted octanol–water partition coefficient (Wildman–Crippen LogP) is 3.58. The lowest BCUT2D eigenvalue weighted by Crippen LogP contribution is -2.49. The van der Waals surface area contributed by atoms with Crippen LogP contribution in [0, 0.1) is 0 Å². The van der Waals surface area contributed by atoms with E-state index >= 15 is 0 Å². The first-order valence-corrected chi connectivity index (χ1v) is 10.2. The van der Waals surface area contributed by atoms with Gasteiger partial charge in [-0.15, -0.1) is 0 Å². The minimum Gasteiger partial charge on any atom is -0.506 e. The van der Waals surface area contributed by atoms with Crippen molar-refractivity contribution in [3.63, 3.8) is 0 Å². The summed E-state index contributed by atoms with van der Waals surface area (Å²) in [6.45, 7) is 2.42. The fourth-order valence-corrected chi connectivity index (χ4v) is 3.59. The van der Waals surface area contributed by atoms with E-state index in [1.807, 2.05) is 30.3 Å². The summed E-state index contributed by atoms with van der Waals surface area (Å²) >= 11 is 0. The van der Waals surface area contributed by atoms with Crippen LogP contribution in [0.4, 0.5) is 27.7 Å². The largest absolute Gasteiger partial charge is 0.506 e. The van der Waals surface area contributed by atoms with Crippen LogP contribution in [0.5, 0.6) is 5.75 Å². The van der Waals surface area contributed by atoms with Crippen molar-refractivity contribution >= 4 is 34.9 Å². The van der Waals surface area contributed by atoms with Crippen LogP contribution in [-0.4, -0.2) is 58.3 Å². The Kier molecular flexibility index (Phi) is 6.07. The molecule has 1 aliphatic heterocycles. The molecule has 0 atom stereocenters. The third-order valence-corrected chi connectivity index (χ3v) is 5.15. The molecule has 1 fully saturated rings. The second-order valence-electron chi connectivity index (χ2n) is 7.31. The molecule has 0 radical (unpaired) electrons. The first kappa shape index (κ1) is 21.0. The highest BCUT2D eigenvalue weighted by molar-refractivity contribution is 5.95. The fourth-order valence-electron chi connectivity index (χ4n) is 3.59. The fraction of sp³-hybridized carbons (Fsp3) is 0.174. The highest BCUT2D eigenvalue weighted by Crippen LogP contribution is 2.27. The summed E-state index contributed by atoms with van der Waals surface area (Å²) in [6, 6.07) is 19.5. The summed E-state index contributed by atoms with van der Waals surface area (Å²) in [6.07, 6.45) is -1.25. The average molecular weight is 433 g/mol. The van der Waals surface area contributed by atoms with E-state index in [9.17, 15) is 14.7 Å². The molecule has 32 heavy (non-hydrogen) atoms. The van der Waals surface area contributed by atoms with Crippen molar-refractivity contribution in [2.24, 2.45) is 0 Å². The molecule has 2 heterocycles. The van der Waals surface area contributed by atoms with Crippen molar-refractivity contribution in [3.8, 4) is 5.75 Å². The van der Waals surface area contributed by atoms with E-state index < -0.39 is 6.09 Å². The molecule has 4 rings (SSSR count). The van der Waals surface area contributed by atoms with Crippen LogP contribution in [0.25, 0.3) is 0 Å². The number of aromatic nitrogens is 1. The lowest BCUT2D eigenvalue weighted by Gasteiger charge is -2.36. The number of pyridine rings is 1. The van der Waals surface area contributed by atoms with Crippen molar-refractivity contribution in [1.82, 2.24) is 9.88 Å². The van der Waals surface area contributed by atoms with Gasteiger partial charge in [-0.2, -0.15) is 0 Å². The van der Waals surface area contributed by atoms with E-state index in [1.165, 1.54) is 18.2 Å². The summed E-state index contributed by atoms with van der Waals surface area (Å²) in [7, 11) is 0. The minimum absolute atomic E-state index is 0.0100. The Balaban J connectivity index is 1.53. The maximum absolute atomic E-state index is 13.1. The number of amides is 2. The molecular weight excluding hydrogens is 410 g/mol. The Hall–Kier alpha value is -4.27. The van der Waals surface area contributed by atoms with Gasteiger partial charge in [0.25, 0.3) is 5.91 Å². The van der Waals surface area contributed by atoms with Crippen molar-refractivity contribution in [2.45, 2.75) is 0 Å². The Morgan fingerprint density at radius 1 is 0.906 bits per heavy atom. The number of anilines is 4. The molecular formula is C23H23N5O4. The highest BCUT2D eigenvalue weighted by atomic mass is 16.4. The number of phenols is 1. The monoisotopic (exact) mass is 433 g/mol. The van der Waals surface area contributed by atoms with Crippen LogP contribution in [0.15, 0.2) is 66.7 Å². The Morgan fingerprint density at radius 3 is 2.28 bits per heavy atom. The quantitative estimate of drug-likeness (QED) is 0.454. The first-order chi connectivity index (χ1) is 15.5. The zero-order valence-corrected chi connectivity index (χ0v) is 17.2. The molecule has 9 heteroatoms. The molecule has 1 aliphatic rings. The zero-order valence-electron chi connectivity index (χ0n) is 17.2. The SMILES string of the molecule is O=C(O)Nc1cc(Nc2ccccc2O)nc(C(=O)N2CCN(c3ccccc3)CC2)c1. The lowest BCUT2D eigenvalue weighted by molar-refractivity contribution is 0.0741. The lowest BCUT2D eigenvalue weighted by atomic mass is 10.2. The molecule has 9 nitrogen and oxygen atoms in total. The number of para-hydroxylation sites is 3. The Morgan fingerprint density at radius 2 is 1.59 bits per heavy atom. The number of carboxylic acid groups (broad SMARTS) is 1. The summed E-state index contributed by atoms with van der Waals surface area (Å²) in [5.41, 5.74) is 1.82. The number of piperazine rings is 1. The van der Waals surface area contributed by atoms with Gasteiger partial charge in [0.2, 0.25) is 0 Å². The number of carbonyl (C=O) groups is 2. The van der Waals surface area contributed by atoms with Crippen LogP contribution in [0.2, 0.25) is 0 Å². The normalized spacial score (nSPS) is 13.5. The third-order valence-electron chi connectivity index (χ3n) is 5.15. The minimum atomic E-state index is -1.25. The standard InChI is InChI=1S/C23H23N5O4/c29-20-9-5-4-8-18(20)25-21-15-16(24-23(31)32)14-19(26-21)22(30)28-12-10-27(11-13-28)17-6-2-1-3-7-17/h1-9,14-15,29H,10-13H2,(H,31,32)(H2,24,25,26). The van der Waals surface area contributed by atoms with E-state index in [0.717, 1.165) is 5.69 Å². The second kappa shape index (κ2) is 9.25. The van der Waals surface area contributed by atoms with Gasteiger partial charge in [0, 0.05) is 37.9 Å². The summed E-state index contributed by atoms with van der Waals surface area (Å²) in [5, 5.41) is 24.3. The number of carbonyl (C=O) groups excluding carboxylic acids is 1. The maximum Gasteiger partial charge on any atom is 0.409 e. The Labute approximate surface area is 184 Å². The van der Waals surface area contributed by atoms with Gasteiger partial charge in [-0.1, -0.05) is 30.3 Å². The number of phenolic OH excluding ortho intramolecular Hbond substituents is 1. The van der Waals surface area contributed by atoms with Gasteiger partial charge in [-0.3, -0.25) is 10.1 Å². The van der Waals surface area contributed by atoms with Crippen LogP contribution >= 0.6 is 0 Å². The number of nitrogens with one attached hydrogen (secondary N) is 2. The van der Waals surface area contributed by atoms with Crippen LogP contribution in [-0.2, 0) is 0 Å². The molecule has 0 spiro atoms. The topological polar surface area (TPSA) is 118 Å². The molecule has 164 valence electrons. The number of benzene rings is 2. The van der Waals surface area contributed by atoms with E-state index in [4.69, 9.17) is 5.11 Å². The van der Waals surface area contributed by atoms with Crippen molar-refractivity contribution in [3.05, 3.63) is 72.4 Å². The summed E-state index contributed by atoms with van der Waals surface area (Å²) in [5.74, 6) is -0.0353. The molecule has 3 aromatic rings. The number of rotatable bonds is 5. The number of hydrogen-bond donors (Lipinski definition) is 4. The van der Waals surface area contributed by atoms with E-state index in [-0.39, 0.29) is 28.9 Å². The van der Waals surface area contributed by atoms with Gasteiger partial charge < -0.3 is 25.3 Å². The number of nitrogens with zero attached hydrogens (tertiary/aromatic N) is 3. The molecule has 1 saturated heterocycles. The molecule has 2 amide bonds. The van der Waals surface area contributed by atoms with Crippen LogP contribution in [0.3, 0.4) is 0 Å². The zero-order chi connectivity index (χ0) is 22.5. The van der Waals surface area contributed by atoms with Gasteiger partial charge in [0.15, 0.2) is 0 Å². The maximum atomic E-state index is 13.1. The highest BCUT2D eigenvalue weighted by Gasteiger charge is 2.24. The van der Waals surface area contributed by atoms with Crippen LogP contribution in [0.1, 0.15) is 10.5 Å². The molecule has 0 bridgehead atoms. The number of aromatic hydroxyl groups is 1. The molecule has 0 unspecified atom stereocenters. The summed E-state index contributed by atoms with van der Waals surface area (Å²) in [4.78, 5) is 32.6. The van der Waals surface area contributed by atoms with Gasteiger partial charge in [0.1, 0.15) is 17.3 Å². The molecule has 0 saturated carbocycles. The van der Waals surface area contributed by atoms with E-state index in [2.05, 4.69) is 20.5 Å².